The van der Waals surface area contributed by atoms with E-state index in [1.54, 1.807) is 0 Å². The Hall–Kier alpha value is -12.1. The molecule has 0 aliphatic rings. The van der Waals surface area contributed by atoms with E-state index in [4.69, 9.17) is 0 Å². The van der Waals surface area contributed by atoms with Crippen molar-refractivity contribution in [3.05, 3.63) is 328 Å². The Bertz CT molecular complexity index is 5340. The maximum atomic E-state index is 2.41. The van der Waals surface area contributed by atoms with E-state index < -0.39 is 0 Å². The van der Waals surface area contributed by atoms with E-state index in [9.17, 15) is 0 Å². The first-order valence-electron chi connectivity index (χ1n) is 30.9. The van der Waals surface area contributed by atoms with Crippen LogP contribution in [-0.2, 0) is 0 Å². The van der Waals surface area contributed by atoms with Gasteiger partial charge in [0, 0.05) is 98.8 Å². The van der Waals surface area contributed by atoms with Gasteiger partial charge < -0.3 is 27.4 Å². The molecule has 0 bridgehead atoms. The molecule has 0 amide bonds. The fourth-order valence-corrected chi connectivity index (χ4v) is 15.1. The van der Waals surface area contributed by atoms with Gasteiger partial charge >= 0.3 is 0 Å². The molecule has 6 heteroatoms. The van der Waals surface area contributed by atoms with E-state index in [1.807, 2.05) is 0 Å². The van der Waals surface area contributed by atoms with Gasteiger partial charge in [0.15, 0.2) is 0 Å². The van der Waals surface area contributed by atoms with Gasteiger partial charge in [-0.2, -0.15) is 0 Å². The normalized spacial score (nSPS) is 12.0. The molecule has 0 radical (unpaired) electrons. The predicted molar refractivity (Wildman–Crippen MR) is 379 cm³/mol. The molecule has 0 aliphatic heterocycles. The van der Waals surface area contributed by atoms with Crippen molar-refractivity contribution in [2.45, 2.75) is 0 Å². The molecule has 20 rings (SSSR count). The largest absolute Gasteiger partial charge is 0.309 e. The molecule has 0 spiro atoms. The Morgan fingerprint density at radius 2 is 0.267 bits per heavy atom. The monoisotopic (exact) mass is 1150 g/mol. The lowest BCUT2D eigenvalue weighted by Crippen LogP contribution is -1.96. The minimum absolute atomic E-state index is 1.16. The van der Waals surface area contributed by atoms with Crippen LogP contribution in [0.25, 0.3) is 165 Å². The molecule has 0 fully saturated rings. The van der Waals surface area contributed by atoms with Crippen LogP contribution in [0.2, 0.25) is 0 Å². The van der Waals surface area contributed by atoms with Crippen LogP contribution in [0.5, 0.6) is 0 Å². The average Bonchev–Trinajstić information content (AvgIpc) is 1.69. The Balaban J connectivity index is 0.000000130. The molecule has 6 heterocycles. The second kappa shape index (κ2) is 19.7. The third-order valence-electron chi connectivity index (χ3n) is 18.8. The van der Waals surface area contributed by atoms with Gasteiger partial charge in [0.25, 0.3) is 0 Å². The summed E-state index contributed by atoms with van der Waals surface area (Å²) in [7, 11) is 0. The van der Waals surface area contributed by atoms with Crippen molar-refractivity contribution in [3.63, 3.8) is 0 Å². The number of nitrogens with zero attached hydrogens (tertiary/aromatic N) is 6. The maximum Gasteiger partial charge on any atom is 0.0542 e. The summed E-state index contributed by atoms with van der Waals surface area (Å²) in [5, 5.41) is 15.1. The number of benzene rings is 14. The highest BCUT2D eigenvalue weighted by atomic mass is 15.0. The number of para-hydroxylation sites is 10. The maximum absolute atomic E-state index is 2.41. The second-order valence-corrected chi connectivity index (χ2v) is 23.6. The Labute approximate surface area is 517 Å². The number of rotatable bonds is 6. The zero-order valence-corrected chi connectivity index (χ0v) is 48.9. The molecule has 0 aliphatic carbocycles. The topological polar surface area (TPSA) is 29.6 Å². The number of fused-ring (bicyclic) bond motifs is 18. The van der Waals surface area contributed by atoms with Crippen molar-refractivity contribution in [2.24, 2.45) is 0 Å². The molecule has 0 atom stereocenters. The van der Waals surface area contributed by atoms with E-state index in [-0.39, 0.29) is 0 Å². The van der Waals surface area contributed by atoms with Gasteiger partial charge in [-0.3, -0.25) is 0 Å². The van der Waals surface area contributed by atoms with Gasteiger partial charge in [0.2, 0.25) is 0 Å². The van der Waals surface area contributed by atoms with Crippen LogP contribution < -0.4 is 0 Å². The van der Waals surface area contributed by atoms with Crippen molar-refractivity contribution in [1.29, 1.82) is 0 Å². The van der Waals surface area contributed by atoms with Gasteiger partial charge in [-0.25, -0.2) is 0 Å². The SMILES string of the molecule is c1ccc(-n2c3ccc(-n4c5ccccc5c5ccccc54)cc3c3cc(-n4c5ccccc5c5ccccc54)ccc32)cc1.c1ccc(-n2c3ccc(-n4c5ccccc5c5ccccc54)cc3c3cc(-n4c5ccccc5c5ccccc54)ccc32)cc1. The molecule has 6 aromatic heterocycles. The molecule has 20 aromatic rings. The van der Waals surface area contributed by atoms with Crippen molar-refractivity contribution < 1.29 is 0 Å². The van der Waals surface area contributed by atoms with Crippen LogP contribution in [0.4, 0.5) is 0 Å². The smallest absolute Gasteiger partial charge is 0.0542 e. The van der Waals surface area contributed by atoms with E-state index >= 15 is 0 Å². The molecule has 6 nitrogen and oxygen atoms in total. The summed E-state index contributed by atoms with van der Waals surface area (Å²) in [5.41, 5.74) is 21.5. The molecule has 0 N–H and O–H groups in total. The highest BCUT2D eigenvalue weighted by Crippen LogP contribution is 2.42. The summed E-state index contributed by atoms with van der Waals surface area (Å²) in [6.07, 6.45) is 0. The standard InChI is InChI=1S/2C42H27N3/c2*1-2-12-28(13-3-1)43-41-24-22-29(44-37-18-8-4-14-31(37)32-15-5-9-19-38(32)44)26-35(41)36-27-30(23-25-42(36)43)45-39-20-10-6-16-33(39)34-17-7-11-21-40(34)45/h2*1-27H. The van der Waals surface area contributed by atoms with Gasteiger partial charge in [-0.1, -0.05) is 182 Å². The number of hydrogen-bond acceptors (Lipinski definition) is 0. The summed E-state index contributed by atoms with van der Waals surface area (Å²) < 4.78 is 14.4. The second-order valence-electron chi connectivity index (χ2n) is 23.6. The Morgan fingerprint density at radius 1 is 0.111 bits per heavy atom. The fourth-order valence-electron chi connectivity index (χ4n) is 15.1. The minimum atomic E-state index is 1.16. The van der Waals surface area contributed by atoms with Gasteiger partial charge in [0.1, 0.15) is 0 Å². The first kappa shape index (κ1) is 50.1. The molecule has 0 saturated heterocycles. The lowest BCUT2D eigenvalue weighted by molar-refractivity contribution is 1.16. The summed E-state index contributed by atoms with van der Waals surface area (Å²) in [6.45, 7) is 0. The van der Waals surface area contributed by atoms with E-state index in [1.165, 1.54) is 131 Å². The quantitative estimate of drug-likeness (QED) is 0.159. The van der Waals surface area contributed by atoms with Crippen molar-refractivity contribution in [2.75, 3.05) is 0 Å². The zero-order chi connectivity index (χ0) is 59.0. The molecule has 14 aromatic carbocycles. The van der Waals surface area contributed by atoms with Gasteiger partial charge in [-0.15, -0.1) is 0 Å². The first-order valence-corrected chi connectivity index (χ1v) is 30.9. The molecule has 420 valence electrons. The highest BCUT2D eigenvalue weighted by molar-refractivity contribution is 6.16. The molecule has 90 heavy (non-hydrogen) atoms. The van der Waals surface area contributed by atoms with E-state index in [0.29, 0.717) is 0 Å². The fraction of sp³-hybridized carbons (Fsp3) is 0. The predicted octanol–water partition coefficient (Wildman–Crippen LogP) is 22.0. The number of hydrogen-bond donors (Lipinski definition) is 0. The number of aromatic nitrogens is 6. The molecular weight excluding hydrogens is 1090 g/mol. The molecule has 0 saturated carbocycles. The van der Waals surface area contributed by atoms with Crippen LogP contribution >= 0.6 is 0 Å². The summed E-state index contributed by atoms with van der Waals surface area (Å²) in [4.78, 5) is 0. The van der Waals surface area contributed by atoms with E-state index in [0.717, 1.165) is 34.1 Å². The van der Waals surface area contributed by atoms with Crippen LogP contribution in [0, 0.1) is 0 Å². The minimum Gasteiger partial charge on any atom is -0.309 e. The third kappa shape index (κ3) is 7.39. The summed E-state index contributed by atoms with van der Waals surface area (Å²) in [6, 6.07) is 119. The molecular formula is C84H54N6. The summed E-state index contributed by atoms with van der Waals surface area (Å²) in [5.74, 6) is 0. The van der Waals surface area contributed by atoms with Crippen molar-refractivity contribution in [3.8, 4) is 34.1 Å². The van der Waals surface area contributed by atoms with Crippen LogP contribution in [0.1, 0.15) is 0 Å². The Morgan fingerprint density at radius 3 is 0.467 bits per heavy atom. The van der Waals surface area contributed by atoms with E-state index in [2.05, 4.69) is 355 Å². The van der Waals surface area contributed by atoms with Crippen LogP contribution in [0.3, 0.4) is 0 Å². The lowest BCUT2D eigenvalue weighted by Gasteiger charge is -2.10. The van der Waals surface area contributed by atoms with Crippen molar-refractivity contribution >= 4 is 131 Å². The van der Waals surface area contributed by atoms with Crippen LogP contribution in [-0.4, -0.2) is 27.4 Å². The third-order valence-corrected chi connectivity index (χ3v) is 18.8. The zero-order valence-electron chi connectivity index (χ0n) is 48.9. The first-order chi connectivity index (χ1) is 44.7. The van der Waals surface area contributed by atoms with Gasteiger partial charge in [-0.05, 0) is 146 Å². The van der Waals surface area contributed by atoms with Gasteiger partial charge in [0.05, 0.1) is 66.2 Å². The average molecular weight is 1150 g/mol. The summed E-state index contributed by atoms with van der Waals surface area (Å²) >= 11 is 0. The van der Waals surface area contributed by atoms with Crippen molar-refractivity contribution in [1.82, 2.24) is 27.4 Å². The highest BCUT2D eigenvalue weighted by Gasteiger charge is 2.22. The Kier molecular flexibility index (Phi) is 11.0. The molecule has 0 unspecified atom stereocenters. The lowest BCUT2D eigenvalue weighted by atomic mass is 10.1. The van der Waals surface area contributed by atoms with Crippen LogP contribution in [0.15, 0.2) is 328 Å².